The number of imidazole rings is 1. The van der Waals surface area contributed by atoms with E-state index in [-0.39, 0.29) is 10.0 Å². The number of hydrogen-bond donors (Lipinski definition) is 1. The molecule has 0 saturated carbocycles. The number of fused-ring (bicyclic) bond motifs is 1. The van der Waals surface area contributed by atoms with Crippen LogP contribution in [-0.4, -0.2) is 39.7 Å². The molecular weight excluding hydrogens is 473 g/mol. The molecule has 162 valence electrons. The van der Waals surface area contributed by atoms with Gasteiger partial charge in [-0.25, -0.2) is 15.0 Å². The minimum absolute atomic E-state index is 0.107. The first-order valence-electron chi connectivity index (χ1n) is 8.92. The zero-order valence-electron chi connectivity index (χ0n) is 15.6. The number of nitrogens with one attached hydrogen (secondary N) is 1. The Morgan fingerprint density at radius 3 is 2.74 bits per heavy atom. The molecule has 3 aromatic heterocycles. The first kappa shape index (κ1) is 21.8. The summed E-state index contributed by atoms with van der Waals surface area (Å²) in [5.41, 5.74) is 0.660. The van der Waals surface area contributed by atoms with Crippen molar-refractivity contribution in [2.45, 2.75) is 34.5 Å². The summed E-state index contributed by atoms with van der Waals surface area (Å²) in [6, 6.07) is 8.29. The Kier molecular flexibility index (Phi) is 6.30. The zero-order valence-corrected chi connectivity index (χ0v) is 18.0. The SMILES string of the molecule is O=S(CCCn1c(Sc2ncc(C(F)(F)F)cc2Cl)nc2ccccc21)c1ncn[nH]1. The molecule has 0 aliphatic heterocycles. The summed E-state index contributed by atoms with van der Waals surface area (Å²) >= 11 is 7.14. The Hall–Kier alpha value is -2.44. The van der Waals surface area contributed by atoms with Crippen molar-refractivity contribution >= 4 is 45.2 Å². The summed E-state index contributed by atoms with van der Waals surface area (Å²) in [5, 5.41) is 7.23. The van der Waals surface area contributed by atoms with Gasteiger partial charge in [0.1, 0.15) is 11.4 Å². The molecule has 0 saturated heterocycles. The Bertz CT molecular complexity index is 1230. The molecule has 3 heterocycles. The second kappa shape index (κ2) is 8.97. The highest BCUT2D eigenvalue weighted by Crippen LogP contribution is 2.37. The number of aromatic amines is 1. The third kappa shape index (κ3) is 4.91. The van der Waals surface area contributed by atoms with Crippen LogP contribution in [0.2, 0.25) is 5.02 Å². The van der Waals surface area contributed by atoms with Crippen molar-refractivity contribution in [3.05, 3.63) is 53.4 Å². The second-order valence-corrected chi connectivity index (χ2v) is 9.19. The zero-order chi connectivity index (χ0) is 22.0. The number of nitrogens with zero attached hydrogens (tertiary/aromatic N) is 5. The van der Waals surface area contributed by atoms with Crippen LogP contribution in [0.25, 0.3) is 11.0 Å². The van der Waals surface area contributed by atoms with Gasteiger partial charge in [0.15, 0.2) is 5.16 Å². The lowest BCUT2D eigenvalue weighted by atomic mass is 10.3. The molecule has 0 aliphatic carbocycles. The van der Waals surface area contributed by atoms with Crippen LogP contribution in [0, 0.1) is 0 Å². The highest BCUT2D eigenvalue weighted by atomic mass is 35.5. The van der Waals surface area contributed by atoms with E-state index in [9.17, 15) is 17.4 Å². The number of aromatic nitrogens is 6. The molecule has 1 unspecified atom stereocenters. The summed E-state index contributed by atoms with van der Waals surface area (Å²) in [7, 11) is -1.32. The van der Waals surface area contributed by atoms with Gasteiger partial charge in [0.25, 0.3) is 0 Å². The fraction of sp³-hybridized carbons (Fsp3) is 0.222. The molecule has 0 fully saturated rings. The normalized spacial score (nSPS) is 13.0. The molecular formula is C18H14ClF3N6OS2. The standard InChI is InChI=1S/C18H14ClF3N6OS2/c19-12-8-11(18(20,21)22)9-23-15(12)30-17-26-13-4-1-2-5-14(13)28(17)6-3-7-31(29)16-24-10-25-27-16/h1-2,4-5,8-10H,3,6-7H2,(H,24,25,27). The molecule has 7 nitrogen and oxygen atoms in total. The average molecular weight is 487 g/mol. The van der Waals surface area contributed by atoms with Gasteiger partial charge >= 0.3 is 6.18 Å². The molecule has 0 spiro atoms. The van der Waals surface area contributed by atoms with Crippen LogP contribution >= 0.6 is 23.4 Å². The molecule has 1 atom stereocenters. The van der Waals surface area contributed by atoms with Crippen molar-refractivity contribution in [3.63, 3.8) is 0 Å². The van der Waals surface area contributed by atoms with E-state index in [2.05, 4.69) is 25.1 Å². The van der Waals surface area contributed by atoms with Gasteiger partial charge in [-0.2, -0.15) is 18.3 Å². The van der Waals surface area contributed by atoms with Crippen molar-refractivity contribution in [2.75, 3.05) is 5.75 Å². The van der Waals surface area contributed by atoms with E-state index in [1.165, 1.54) is 6.33 Å². The van der Waals surface area contributed by atoms with Crippen LogP contribution in [0.4, 0.5) is 13.2 Å². The molecule has 0 radical (unpaired) electrons. The molecule has 1 aromatic carbocycles. The first-order chi connectivity index (χ1) is 14.8. The van der Waals surface area contributed by atoms with Crippen molar-refractivity contribution in [3.8, 4) is 0 Å². The molecule has 31 heavy (non-hydrogen) atoms. The van der Waals surface area contributed by atoms with Crippen LogP contribution in [0.5, 0.6) is 0 Å². The maximum atomic E-state index is 12.9. The quantitative estimate of drug-likeness (QED) is 0.411. The van der Waals surface area contributed by atoms with Crippen molar-refractivity contribution in [1.29, 1.82) is 0 Å². The Balaban J connectivity index is 1.57. The van der Waals surface area contributed by atoms with E-state index >= 15 is 0 Å². The number of H-pyrrole nitrogens is 1. The lowest BCUT2D eigenvalue weighted by Crippen LogP contribution is -2.07. The van der Waals surface area contributed by atoms with Crippen molar-refractivity contribution in [1.82, 2.24) is 29.7 Å². The number of halogens is 4. The Labute approximate surface area is 185 Å². The molecule has 0 amide bonds. The number of para-hydroxylation sites is 2. The molecule has 0 bridgehead atoms. The maximum absolute atomic E-state index is 12.9. The first-order valence-corrected chi connectivity index (χ1v) is 11.4. The van der Waals surface area contributed by atoms with E-state index in [0.29, 0.717) is 29.0 Å². The summed E-state index contributed by atoms with van der Waals surface area (Å²) in [5.74, 6) is 0.352. The van der Waals surface area contributed by atoms with Crippen LogP contribution in [0.1, 0.15) is 12.0 Å². The summed E-state index contributed by atoms with van der Waals surface area (Å²) in [6.45, 7) is 0.487. The van der Waals surface area contributed by atoms with Gasteiger partial charge in [0.05, 0.1) is 32.4 Å². The highest BCUT2D eigenvalue weighted by molar-refractivity contribution is 7.99. The van der Waals surface area contributed by atoms with Gasteiger partial charge in [-0.15, -0.1) is 0 Å². The topological polar surface area (TPSA) is 89.3 Å². The summed E-state index contributed by atoms with van der Waals surface area (Å²) < 4.78 is 52.8. The average Bonchev–Trinajstić information content (AvgIpc) is 3.37. The van der Waals surface area contributed by atoms with Gasteiger partial charge in [-0.3, -0.25) is 9.31 Å². The lowest BCUT2D eigenvalue weighted by Gasteiger charge is -2.10. The van der Waals surface area contributed by atoms with Crippen LogP contribution in [0.15, 0.2) is 58.2 Å². The van der Waals surface area contributed by atoms with Crippen LogP contribution < -0.4 is 0 Å². The van der Waals surface area contributed by atoms with E-state index in [4.69, 9.17) is 11.6 Å². The number of hydrogen-bond acceptors (Lipinski definition) is 6. The van der Waals surface area contributed by atoms with Gasteiger partial charge in [0.2, 0.25) is 5.16 Å². The molecule has 0 aliphatic rings. The van der Waals surface area contributed by atoms with E-state index in [1.54, 1.807) is 0 Å². The molecule has 1 N–H and O–H groups in total. The van der Waals surface area contributed by atoms with E-state index < -0.39 is 22.5 Å². The van der Waals surface area contributed by atoms with Crippen molar-refractivity contribution in [2.24, 2.45) is 0 Å². The fourth-order valence-corrected chi connectivity index (χ4v) is 4.91. The van der Waals surface area contributed by atoms with Gasteiger partial charge in [0, 0.05) is 18.5 Å². The fourth-order valence-electron chi connectivity index (χ4n) is 2.84. The molecule has 4 rings (SSSR count). The minimum Gasteiger partial charge on any atom is -0.319 e. The minimum atomic E-state index is -4.52. The third-order valence-electron chi connectivity index (χ3n) is 4.26. The predicted molar refractivity (Wildman–Crippen MR) is 110 cm³/mol. The predicted octanol–water partition coefficient (Wildman–Crippen LogP) is 4.57. The number of benzene rings is 1. The number of rotatable bonds is 7. The summed E-state index contributed by atoms with van der Waals surface area (Å²) in [4.78, 5) is 12.3. The Morgan fingerprint density at radius 2 is 2.03 bits per heavy atom. The monoisotopic (exact) mass is 486 g/mol. The Morgan fingerprint density at radius 1 is 1.23 bits per heavy atom. The van der Waals surface area contributed by atoms with Gasteiger partial charge in [-0.05, 0) is 36.4 Å². The number of aryl methyl sites for hydroxylation is 1. The maximum Gasteiger partial charge on any atom is 0.417 e. The van der Waals surface area contributed by atoms with Crippen molar-refractivity contribution < 1.29 is 17.4 Å². The van der Waals surface area contributed by atoms with E-state index in [1.807, 2.05) is 28.8 Å². The smallest absolute Gasteiger partial charge is 0.319 e. The number of pyridine rings is 1. The lowest BCUT2D eigenvalue weighted by molar-refractivity contribution is -0.137. The van der Waals surface area contributed by atoms with Gasteiger partial charge < -0.3 is 4.57 Å². The molecule has 13 heteroatoms. The third-order valence-corrected chi connectivity index (χ3v) is 6.96. The van der Waals surface area contributed by atoms with E-state index in [0.717, 1.165) is 35.1 Å². The molecule has 4 aromatic rings. The largest absolute Gasteiger partial charge is 0.417 e. The number of alkyl halides is 3. The highest BCUT2D eigenvalue weighted by Gasteiger charge is 2.31. The van der Waals surface area contributed by atoms with Crippen LogP contribution in [0.3, 0.4) is 0 Å². The van der Waals surface area contributed by atoms with Gasteiger partial charge in [-0.1, -0.05) is 23.7 Å². The van der Waals surface area contributed by atoms with Crippen LogP contribution in [-0.2, 0) is 23.5 Å². The summed E-state index contributed by atoms with van der Waals surface area (Å²) in [6.07, 6.45) is -1.92. The second-order valence-electron chi connectivity index (χ2n) is 6.34.